The fourth-order valence-electron chi connectivity index (χ4n) is 2.72. The van der Waals surface area contributed by atoms with Crippen molar-refractivity contribution in [2.75, 3.05) is 7.11 Å². The van der Waals surface area contributed by atoms with Crippen LogP contribution in [0.4, 0.5) is 8.78 Å². The van der Waals surface area contributed by atoms with Crippen molar-refractivity contribution in [2.24, 2.45) is 0 Å². The van der Waals surface area contributed by atoms with Gasteiger partial charge in [-0.1, -0.05) is 18.9 Å². The van der Waals surface area contributed by atoms with Gasteiger partial charge in [0, 0.05) is 19.6 Å². The van der Waals surface area contributed by atoms with Gasteiger partial charge in [0.15, 0.2) is 0 Å². The summed E-state index contributed by atoms with van der Waals surface area (Å²) >= 11 is 0. The third-order valence-electron chi connectivity index (χ3n) is 3.72. The Morgan fingerprint density at radius 2 is 2.17 bits per heavy atom. The topological polar surface area (TPSA) is 29.5 Å². The SMILES string of the molecule is COC1CCCCC1(O)Cc1ccc(F)cc1F. The fraction of sp³-hybridized carbons (Fsp3) is 0.571. The number of rotatable bonds is 3. The molecule has 0 spiro atoms. The summed E-state index contributed by atoms with van der Waals surface area (Å²) in [5.41, 5.74) is -0.714. The predicted octanol–water partition coefficient (Wildman–Crippen LogP) is 2.83. The third kappa shape index (κ3) is 2.70. The second kappa shape index (κ2) is 5.33. The second-order valence-electron chi connectivity index (χ2n) is 4.99. The van der Waals surface area contributed by atoms with Crippen LogP contribution in [0, 0.1) is 11.6 Å². The summed E-state index contributed by atoms with van der Waals surface area (Å²) in [5, 5.41) is 10.6. The molecule has 0 radical (unpaired) electrons. The Hall–Kier alpha value is -1.00. The van der Waals surface area contributed by atoms with E-state index in [4.69, 9.17) is 4.74 Å². The molecular weight excluding hydrogens is 238 g/mol. The van der Waals surface area contributed by atoms with Gasteiger partial charge in [-0.2, -0.15) is 0 Å². The number of hydrogen-bond acceptors (Lipinski definition) is 2. The van der Waals surface area contributed by atoms with Crippen LogP contribution in [0.5, 0.6) is 0 Å². The van der Waals surface area contributed by atoms with Gasteiger partial charge in [-0.3, -0.25) is 0 Å². The van der Waals surface area contributed by atoms with Crippen LogP contribution in [0.25, 0.3) is 0 Å². The van der Waals surface area contributed by atoms with E-state index in [1.807, 2.05) is 0 Å². The minimum atomic E-state index is -1.05. The van der Waals surface area contributed by atoms with Gasteiger partial charge in [0.1, 0.15) is 11.6 Å². The van der Waals surface area contributed by atoms with Crippen LogP contribution in [0.15, 0.2) is 18.2 Å². The number of aliphatic hydroxyl groups is 1. The van der Waals surface area contributed by atoms with Crippen LogP contribution in [-0.4, -0.2) is 23.9 Å². The summed E-state index contributed by atoms with van der Waals surface area (Å²) in [7, 11) is 1.56. The molecule has 2 atom stereocenters. The van der Waals surface area contributed by atoms with Gasteiger partial charge >= 0.3 is 0 Å². The number of halogens is 2. The van der Waals surface area contributed by atoms with Crippen molar-refractivity contribution in [3.05, 3.63) is 35.4 Å². The van der Waals surface area contributed by atoms with E-state index in [0.29, 0.717) is 12.0 Å². The van der Waals surface area contributed by atoms with Crippen molar-refractivity contribution in [3.63, 3.8) is 0 Å². The molecule has 2 nitrogen and oxygen atoms in total. The first-order valence-corrected chi connectivity index (χ1v) is 6.24. The molecule has 4 heteroatoms. The van der Waals surface area contributed by atoms with E-state index in [2.05, 4.69) is 0 Å². The van der Waals surface area contributed by atoms with Crippen LogP contribution >= 0.6 is 0 Å². The summed E-state index contributed by atoms with van der Waals surface area (Å²) in [6.45, 7) is 0. The maximum atomic E-state index is 13.6. The molecule has 1 saturated carbocycles. The van der Waals surface area contributed by atoms with Gasteiger partial charge in [-0.05, 0) is 24.5 Å². The van der Waals surface area contributed by atoms with E-state index >= 15 is 0 Å². The molecule has 0 heterocycles. The molecule has 0 aliphatic heterocycles. The Morgan fingerprint density at radius 3 is 2.83 bits per heavy atom. The zero-order valence-electron chi connectivity index (χ0n) is 10.5. The Balaban J connectivity index is 2.20. The Bertz CT molecular complexity index is 422. The van der Waals surface area contributed by atoms with E-state index in [0.717, 1.165) is 25.3 Å². The lowest BCUT2D eigenvalue weighted by molar-refractivity contribution is -0.116. The first kappa shape index (κ1) is 13.4. The molecule has 18 heavy (non-hydrogen) atoms. The van der Waals surface area contributed by atoms with Crippen LogP contribution in [-0.2, 0) is 11.2 Å². The van der Waals surface area contributed by atoms with E-state index < -0.39 is 17.2 Å². The van der Waals surface area contributed by atoms with Crippen molar-refractivity contribution in [1.29, 1.82) is 0 Å². The van der Waals surface area contributed by atoms with Crippen molar-refractivity contribution in [1.82, 2.24) is 0 Å². The van der Waals surface area contributed by atoms with Gasteiger partial charge in [0.25, 0.3) is 0 Å². The number of hydrogen-bond donors (Lipinski definition) is 1. The molecule has 1 aliphatic carbocycles. The van der Waals surface area contributed by atoms with Crippen LogP contribution < -0.4 is 0 Å². The van der Waals surface area contributed by atoms with Crippen molar-refractivity contribution in [3.8, 4) is 0 Å². The van der Waals surface area contributed by atoms with Gasteiger partial charge < -0.3 is 9.84 Å². The smallest absolute Gasteiger partial charge is 0.129 e. The second-order valence-corrected chi connectivity index (χ2v) is 4.99. The normalized spacial score (nSPS) is 28.3. The minimum absolute atomic E-state index is 0.164. The van der Waals surface area contributed by atoms with E-state index in [1.54, 1.807) is 7.11 Å². The van der Waals surface area contributed by atoms with E-state index in [1.165, 1.54) is 12.1 Å². The van der Waals surface area contributed by atoms with Crippen molar-refractivity contribution < 1.29 is 18.6 Å². The average Bonchev–Trinajstić information content (AvgIpc) is 2.33. The molecule has 1 aliphatic rings. The first-order valence-electron chi connectivity index (χ1n) is 6.24. The number of methoxy groups -OCH3 is 1. The number of benzene rings is 1. The largest absolute Gasteiger partial charge is 0.387 e. The molecule has 2 unspecified atom stereocenters. The molecule has 0 bridgehead atoms. The molecule has 100 valence electrons. The Labute approximate surface area is 106 Å². The Kier molecular flexibility index (Phi) is 3.97. The lowest BCUT2D eigenvalue weighted by Gasteiger charge is -2.39. The zero-order valence-corrected chi connectivity index (χ0v) is 10.5. The summed E-state index contributed by atoms with van der Waals surface area (Å²) in [6.07, 6.45) is 3.15. The van der Waals surface area contributed by atoms with Gasteiger partial charge in [0.2, 0.25) is 0 Å². The maximum Gasteiger partial charge on any atom is 0.129 e. The summed E-state index contributed by atoms with van der Waals surface area (Å²) < 4.78 is 31.7. The van der Waals surface area contributed by atoms with E-state index in [9.17, 15) is 13.9 Å². The first-order chi connectivity index (χ1) is 8.55. The molecule has 1 aromatic rings. The fourth-order valence-corrected chi connectivity index (χ4v) is 2.72. The summed E-state index contributed by atoms with van der Waals surface area (Å²) in [6, 6.07) is 3.46. The van der Waals surface area contributed by atoms with Gasteiger partial charge in [0.05, 0.1) is 11.7 Å². The third-order valence-corrected chi connectivity index (χ3v) is 3.72. The minimum Gasteiger partial charge on any atom is -0.387 e. The molecule has 1 N–H and O–H groups in total. The highest BCUT2D eigenvalue weighted by atomic mass is 19.1. The molecule has 0 amide bonds. The quantitative estimate of drug-likeness (QED) is 0.901. The Morgan fingerprint density at radius 1 is 1.39 bits per heavy atom. The molecular formula is C14H18F2O2. The van der Waals surface area contributed by atoms with Gasteiger partial charge in [-0.15, -0.1) is 0 Å². The maximum absolute atomic E-state index is 13.6. The van der Waals surface area contributed by atoms with Crippen LogP contribution in [0.2, 0.25) is 0 Å². The zero-order chi connectivity index (χ0) is 13.2. The molecule has 0 saturated heterocycles. The summed E-state index contributed by atoms with van der Waals surface area (Å²) in [4.78, 5) is 0. The molecule has 2 rings (SSSR count). The summed E-state index contributed by atoms with van der Waals surface area (Å²) in [5.74, 6) is -1.21. The lowest BCUT2D eigenvalue weighted by Crippen LogP contribution is -2.47. The molecule has 1 aromatic carbocycles. The highest BCUT2D eigenvalue weighted by molar-refractivity contribution is 5.21. The van der Waals surface area contributed by atoms with E-state index in [-0.39, 0.29) is 12.5 Å². The molecule has 0 aromatic heterocycles. The lowest BCUT2D eigenvalue weighted by atomic mass is 9.78. The highest BCUT2D eigenvalue weighted by Gasteiger charge is 2.39. The predicted molar refractivity (Wildman–Crippen MR) is 64.3 cm³/mol. The van der Waals surface area contributed by atoms with Crippen molar-refractivity contribution >= 4 is 0 Å². The molecule has 1 fully saturated rings. The van der Waals surface area contributed by atoms with Crippen molar-refractivity contribution in [2.45, 2.75) is 43.8 Å². The van der Waals surface area contributed by atoms with Crippen LogP contribution in [0.1, 0.15) is 31.2 Å². The van der Waals surface area contributed by atoms with Crippen LogP contribution in [0.3, 0.4) is 0 Å². The number of ether oxygens (including phenoxy) is 1. The average molecular weight is 256 g/mol. The monoisotopic (exact) mass is 256 g/mol. The highest BCUT2D eigenvalue weighted by Crippen LogP contribution is 2.33. The standard InChI is InChI=1S/C14H18F2O2/c1-18-13-4-2-3-7-14(13,17)9-10-5-6-11(15)8-12(10)16/h5-6,8,13,17H,2-4,7,9H2,1H3. The van der Waals surface area contributed by atoms with Gasteiger partial charge in [-0.25, -0.2) is 8.78 Å².